The number of aryl methyl sites for hydroxylation is 2. The molecule has 217 valence electrons. The molecule has 0 spiro atoms. The zero-order valence-electron chi connectivity index (χ0n) is 25.6. The van der Waals surface area contributed by atoms with Crippen molar-refractivity contribution >= 4 is 16.6 Å². The van der Waals surface area contributed by atoms with Gasteiger partial charge in [0.15, 0.2) is 5.78 Å². The van der Waals surface area contributed by atoms with E-state index in [1.165, 1.54) is 55.8 Å². The average Bonchev–Trinajstić information content (AvgIpc) is 2.97. The maximum Gasteiger partial charge on any atom is 0.159 e. The number of carbonyl (C=O) groups excluding carboxylic acids is 1. The number of rotatable bonds is 6. The number of aliphatic hydroxyl groups is 1. The molecule has 1 aliphatic carbocycles. The zero-order chi connectivity index (χ0) is 29.1. The summed E-state index contributed by atoms with van der Waals surface area (Å²) in [7, 11) is 0. The Balaban J connectivity index is 0.000000284. The Morgan fingerprint density at radius 1 is 0.854 bits per heavy atom. The summed E-state index contributed by atoms with van der Waals surface area (Å²) in [5.41, 5.74) is 11.1. The molecule has 1 N–H and O–H groups in total. The molecule has 1 aromatic heterocycles. The summed E-state index contributed by atoms with van der Waals surface area (Å²) in [5.74, 6) is 1.46. The van der Waals surface area contributed by atoms with Gasteiger partial charge in [0, 0.05) is 45.2 Å². The first-order chi connectivity index (χ1) is 18.9. The van der Waals surface area contributed by atoms with Crippen LogP contribution in [0, 0.1) is 31.7 Å². The second-order valence-electron chi connectivity index (χ2n) is 12.3. The van der Waals surface area contributed by atoms with Gasteiger partial charge in [-0.15, -0.1) is 29.3 Å². The molecule has 0 amide bonds. The smallest absolute Gasteiger partial charge is 0.159 e. The van der Waals surface area contributed by atoms with Gasteiger partial charge in [-0.1, -0.05) is 95.5 Å². The number of carbonyl (C=O) groups is 1. The van der Waals surface area contributed by atoms with Crippen LogP contribution >= 0.6 is 0 Å². The second kappa shape index (κ2) is 13.7. The maximum atomic E-state index is 11.2. The monoisotopic (exact) mass is 725 g/mol. The van der Waals surface area contributed by atoms with E-state index in [2.05, 4.69) is 82.3 Å². The van der Waals surface area contributed by atoms with Crippen LogP contribution in [-0.4, -0.2) is 15.9 Å². The number of pyridine rings is 1. The van der Waals surface area contributed by atoms with Crippen molar-refractivity contribution in [3.05, 3.63) is 89.3 Å². The molecule has 3 nitrogen and oxygen atoms in total. The van der Waals surface area contributed by atoms with Gasteiger partial charge in [0.05, 0.1) is 5.76 Å². The Bertz CT molecular complexity index is 1580. The number of nitrogens with zero attached hydrogens (tertiary/aromatic N) is 1. The van der Waals surface area contributed by atoms with E-state index in [1.54, 1.807) is 0 Å². The number of fused-ring (bicyclic) bond motifs is 5. The SMILES string of the molecule is CC(C)CC(=O)/C=C(\O)CC(C)C.Cc1c[c-]c2c(c1)-c1cc(C)ccc1-c1cc(C(C)C)cc3ccnc-2c13.[Ir]. The Morgan fingerprint density at radius 3 is 2.20 bits per heavy atom. The molecule has 0 bridgehead atoms. The number of hydrogen-bond acceptors (Lipinski definition) is 3. The van der Waals surface area contributed by atoms with Crippen molar-refractivity contribution in [3.8, 4) is 33.5 Å². The van der Waals surface area contributed by atoms with E-state index < -0.39 is 0 Å². The summed E-state index contributed by atoms with van der Waals surface area (Å²) in [4.78, 5) is 16.0. The van der Waals surface area contributed by atoms with Crippen LogP contribution in [0.1, 0.15) is 77.0 Å². The van der Waals surface area contributed by atoms with Gasteiger partial charge in [0.1, 0.15) is 0 Å². The Hall–Kier alpha value is -3.07. The van der Waals surface area contributed by atoms with Gasteiger partial charge in [-0.25, -0.2) is 0 Å². The molecule has 3 aromatic carbocycles. The summed E-state index contributed by atoms with van der Waals surface area (Å²) in [5, 5.41) is 11.8. The third kappa shape index (κ3) is 7.61. The zero-order valence-corrected chi connectivity index (χ0v) is 28.0. The molecule has 0 saturated carbocycles. The molecule has 0 saturated heterocycles. The van der Waals surface area contributed by atoms with Crippen LogP contribution in [0.15, 0.2) is 66.6 Å². The molecule has 1 aliphatic rings. The van der Waals surface area contributed by atoms with Gasteiger partial charge < -0.3 is 10.1 Å². The van der Waals surface area contributed by atoms with Crippen molar-refractivity contribution in [2.75, 3.05) is 0 Å². The molecule has 0 fully saturated rings. The summed E-state index contributed by atoms with van der Waals surface area (Å²) in [6, 6.07) is 21.5. The minimum atomic E-state index is 0. The molecule has 0 aliphatic heterocycles. The second-order valence-corrected chi connectivity index (χ2v) is 12.3. The number of aromatic nitrogens is 1. The maximum absolute atomic E-state index is 11.2. The van der Waals surface area contributed by atoms with E-state index in [0.717, 1.165) is 11.3 Å². The molecule has 41 heavy (non-hydrogen) atoms. The van der Waals surface area contributed by atoms with Gasteiger partial charge in [0.2, 0.25) is 0 Å². The summed E-state index contributed by atoms with van der Waals surface area (Å²) in [6.45, 7) is 16.8. The fourth-order valence-corrected chi connectivity index (χ4v) is 5.33. The van der Waals surface area contributed by atoms with Crippen LogP contribution in [0.25, 0.3) is 44.3 Å². The molecule has 1 heterocycles. The minimum Gasteiger partial charge on any atom is -0.512 e. The number of aliphatic hydroxyl groups excluding tert-OH is 1. The van der Waals surface area contributed by atoms with Gasteiger partial charge in [-0.3, -0.25) is 4.79 Å². The number of ketones is 1. The first-order valence-electron chi connectivity index (χ1n) is 14.4. The Labute approximate surface area is 259 Å². The molecule has 1 radical (unpaired) electrons. The number of benzene rings is 3. The third-order valence-corrected chi connectivity index (χ3v) is 7.18. The van der Waals surface area contributed by atoms with Crippen LogP contribution in [0.3, 0.4) is 0 Å². The van der Waals surface area contributed by atoms with Crippen molar-refractivity contribution in [2.24, 2.45) is 11.8 Å². The van der Waals surface area contributed by atoms with Crippen LogP contribution in [0.2, 0.25) is 0 Å². The van der Waals surface area contributed by atoms with Crippen molar-refractivity contribution in [1.29, 1.82) is 0 Å². The summed E-state index contributed by atoms with van der Waals surface area (Å²) in [6.07, 6.45) is 4.40. The van der Waals surface area contributed by atoms with Crippen molar-refractivity contribution in [1.82, 2.24) is 4.98 Å². The molecule has 5 rings (SSSR count). The number of hydrogen-bond donors (Lipinski definition) is 1. The molecule has 0 atom stereocenters. The first-order valence-corrected chi connectivity index (χ1v) is 14.4. The quantitative estimate of drug-likeness (QED) is 0.108. The van der Waals surface area contributed by atoms with Crippen LogP contribution in [0.5, 0.6) is 0 Å². The van der Waals surface area contributed by atoms with Crippen molar-refractivity contribution in [3.63, 3.8) is 0 Å². The van der Waals surface area contributed by atoms with E-state index in [4.69, 9.17) is 4.98 Å². The molecule has 4 aromatic rings. The van der Waals surface area contributed by atoms with Gasteiger partial charge in [-0.2, -0.15) is 0 Å². The van der Waals surface area contributed by atoms with E-state index in [-0.39, 0.29) is 31.6 Å². The molecular weight excluding hydrogens is 683 g/mol. The fourth-order valence-electron chi connectivity index (χ4n) is 5.33. The van der Waals surface area contributed by atoms with E-state index in [0.29, 0.717) is 30.6 Å². The van der Waals surface area contributed by atoms with Crippen molar-refractivity contribution < 1.29 is 30.0 Å². The molecular formula is C37H42IrNO2-. The minimum absolute atomic E-state index is 0. The van der Waals surface area contributed by atoms with E-state index >= 15 is 0 Å². The van der Waals surface area contributed by atoms with Crippen LogP contribution < -0.4 is 0 Å². The predicted octanol–water partition coefficient (Wildman–Crippen LogP) is 10.2. The van der Waals surface area contributed by atoms with Gasteiger partial charge >= 0.3 is 0 Å². The third-order valence-electron chi connectivity index (χ3n) is 7.18. The van der Waals surface area contributed by atoms with E-state index in [1.807, 2.05) is 33.9 Å². The molecule has 0 unspecified atom stereocenters. The van der Waals surface area contributed by atoms with Crippen LogP contribution in [0.4, 0.5) is 0 Å². The van der Waals surface area contributed by atoms with Crippen molar-refractivity contribution in [2.45, 2.75) is 74.1 Å². The summed E-state index contributed by atoms with van der Waals surface area (Å²) < 4.78 is 0. The normalized spacial score (nSPS) is 11.9. The Kier molecular flexibility index (Phi) is 10.9. The fraction of sp³-hybridized carbons (Fsp3) is 0.351. The van der Waals surface area contributed by atoms with Gasteiger partial charge in [0.25, 0.3) is 0 Å². The largest absolute Gasteiger partial charge is 0.512 e. The molecule has 4 heteroatoms. The summed E-state index contributed by atoms with van der Waals surface area (Å²) >= 11 is 0. The topological polar surface area (TPSA) is 50.2 Å². The first kappa shape index (κ1) is 32.4. The Morgan fingerprint density at radius 2 is 1.54 bits per heavy atom. The average molecular weight is 725 g/mol. The van der Waals surface area contributed by atoms with E-state index in [9.17, 15) is 9.90 Å². The number of allylic oxidation sites excluding steroid dienone is 2. The van der Waals surface area contributed by atoms with Crippen LogP contribution in [-0.2, 0) is 24.9 Å². The predicted molar refractivity (Wildman–Crippen MR) is 169 cm³/mol. The van der Waals surface area contributed by atoms with Gasteiger partial charge in [-0.05, 0) is 63.9 Å². The standard InChI is InChI=1S/C26H22N.C11H20O2.Ir/c1-15(2)19-13-18-9-10-27-26-21-8-6-17(4)12-23(21)22-11-16(3)5-7-20(22)24(14-19)25(18)26;1-8(2)5-10(12)7-11(13)6-9(3)4;/h5-7,9-15H,1-4H3;7-9,12H,5-6H2,1-4H3;/q-1;;/b;10-7-;.